The third-order valence-corrected chi connectivity index (χ3v) is 2.18. The number of ether oxygens (including phenoxy) is 1. The highest BCUT2D eigenvalue weighted by atomic mass is 35.5. The number of halogens is 2. The Bertz CT molecular complexity index is 275. The summed E-state index contributed by atoms with van der Waals surface area (Å²) in [5, 5.41) is 0. The van der Waals surface area contributed by atoms with E-state index >= 15 is 0 Å². The van der Waals surface area contributed by atoms with Gasteiger partial charge in [-0.25, -0.2) is 0 Å². The quantitative estimate of drug-likeness (QED) is 0.898. The zero-order valence-electron chi connectivity index (χ0n) is 9.19. The van der Waals surface area contributed by atoms with Gasteiger partial charge < -0.3 is 10.5 Å². The molecule has 0 spiro atoms. The first-order chi connectivity index (χ1) is 6.10. The van der Waals surface area contributed by atoms with E-state index in [-0.39, 0.29) is 30.2 Å². The van der Waals surface area contributed by atoms with Gasteiger partial charge in [-0.2, -0.15) is 0 Å². The van der Waals surface area contributed by atoms with E-state index in [0.717, 1.165) is 11.4 Å². The van der Waals surface area contributed by atoms with Crippen LogP contribution in [-0.4, -0.2) is 18.6 Å². The number of nitrogens with two attached hydrogens (primary N) is 1. The van der Waals surface area contributed by atoms with Gasteiger partial charge >= 0.3 is 0 Å². The SMILES string of the molecule is COc1ccc(C(C)(C)CN)nc1.Cl.Cl. The van der Waals surface area contributed by atoms with Crippen molar-refractivity contribution in [1.29, 1.82) is 0 Å². The van der Waals surface area contributed by atoms with Crippen LogP contribution in [0.15, 0.2) is 18.3 Å². The molecule has 3 nitrogen and oxygen atoms in total. The van der Waals surface area contributed by atoms with Crippen molar-refractivity contribution in [2.24, 2.45) is 5.73 Å². The highest BCUT2D eigenvalue weighted by molar-refractivity contribution is 5.85. The van der Waals surface area contributed by atoms with Crippen LogP contribution in [0.3, 0.4) is 0 Å². The molecule has 1 heterocycles. The molecule has 1 aromatic heterocycles. The average molecular weight is 253 g/mol. The van der Waals surface area contributed by atoms with Crippen molar-refractivity contribution >= 4 is 24.8 Å². The Balaban J connectivity index is 0. The van der Waals surface area contributed by atoms with Gasteiger partial charge in [-0.3, -0.25) is 4.98 Å². The summed E-state index contributed by atoms with van der Waals surface area (Å²) >= 11 is 0. The van der Waals surface area contributed by atoms with Gasteiger partial charge in [0, 0.05) is 17.7 Å². The largest absolute Gasteiger partial charge is 0.495 e. The minimum atomic E-state index is -0.0632. The summed E-state index contributed by atoms with van der Waals surface area (Å²) in [4.78, 5) is 4.29. The molecular formula is C10H18Cl2N2O. The fourth-order valence-corrected chi connectivity index (χ4v) is 1.01. The van der Waals surface area contributed by atoms with E-state index in [2.05, 4.69) is 18.8 Å². The molecule has 0 saturated carbocycles. The lowest BCUT2D eigenvalue weighted by atomic mass is 9.89. The smallest absolute Gasteiger partial charge is 0.137 e. The molecule has 0 fully saturated rings. The number of nitrogens with zero attached hydrogens (tertiary/aromatic N) is 1. The molecule has 0 atom stereocenters. The van der Waals surface area contributed by atoms with Gasteiger partial charge in [-0.1, -0.05) is 13.8 Å². The maximum atomic E-state index is 5.64. The van der Waals surface area contributed by atoms with Crippen molar-refractivity contribution in [2.45, 2.75) is 19.3 Å². The minimum absolute atomic E-state index is 0. The monoisotopic (exact) mass is 252 g/mol. The molecule has 0 saturated heterocycles. The summed E-state index contributed by atoms with van der Waals surface area (Å²) in [6.45, 7) is 4.73. The van der Waals surface area contributed by atoms with Crippen LogP contribution in [0, 0.1) is 0 Å². The minimum Gasteiger partial charge on any atom is -0.495 e. The van der Waals surface area contributed by atoms with Gasteiger partial charge in [0.25, 0.3) is 0 Å². The van der Waals surface area contributed by atoms with Crippen molar-refractivity contribution in [3.8, 4) is 5.75 Å². The second-order valence-corrected chi connectivity index (χ2v) is 3.67. The summed E-state index contributed by atoms with van der Waals surface area (Å²) in [5.74, 6) is 0.775. The Morgan fingerprint density at radius 3 is 2.27 bits per heavy atom. The van der Waals surface area contributed by atoms with Crippen LogP contribution in [0.1, 0.15) is 19.5 Å². The Hall–Kier alpha value is -0.510. The fraction of sp³-hybridized carbons (Fsp3) is 0.500. The standard InChI is InChI=1S/C10H16N2O.2ClH/c1-10(2,7-11)9-5-4-8(13-3)6-12-9;;/h4-6H,7,11H2,1-3H3;2*1H. The van der Waals surface area contributed by atoms with E-state index in [9.17, 15) is 0 Å². The lowest BCUT2D eigenvalue weighted by Gasteiger charge is -2.21. The molecule has 5 heteroatoms. The molecule has 0 unspecified atom stereocenters. The molecule has 15 heavy (non-hydrogen) atoms. The molecule has 0 aromatic carbocycles. The molecule has 0 radical (unpaired) electrons. The Morgan fingerprint density at radius 1 is 1.33 bits per heavy atom. The first-order valence-corrected chi connectivity index (χ1v) is 4.31. The number of aromatic nitrogens is 1. The molecule has 0 bridgehead atoms. The van der Waals surface area contributed by atoms with Crippen molar-refractivity contribution in [2.75, 3.05) is 13.7 Å². The van der Waals surface area contributed by atoms with Crippen LogP contribution in [0.4, 0.5) is 0 Å². The first-order valence-electron chi connectivity index (χ1n) is 4.31. The van der Waals surface area contributed by atoms with Gasteiger partial charge in [0.15, 0.2) is 0 Å². The van der Waals surface area contributed by atoms with Crippen molar-refractivity contribution < 1.29 is 4.74 Å². The van der Waals surface area contributed by atoms with Gasteiger partial charge in [0.2, 0.25) is 0 Å². The average Bonchev–Trinajstić information content (AvgIpc) is 2.18. The summed E-state index contributed by atoms with van der Waals surface area (Å²) in [6.07, 6.45) is 1.72. The Labute approximate surface area is 103 Å². The molecule has 0 amide bonds. The van der Waals surface area contributed by atoms with E-state index in [0.29, 0.717) is 6.54 Å². The van der Waals surface area contributed by atoms with Gasteiger partial charge in [-0.15, -0.1) is 24.8 Å². The lowest BCUT2D eigenvalue weighted by molar-refractivity contribution is 0.411. The van der Waals surface area contributed by atoms with E-state index in [1.807, 2.05) is 12.1 Å². The number of rotatable bonds is 3. The number of methoxy groups -OCH3 is 1. The maximum Gasteiger partial charge on any atom is 0.137 e. The van der Waals surface area contributed by atoms with Crippen molar-refractivity contribution in [3.63, 3.8) is 0 Å². The van der Waals surface area contributed by atoms with E-state index in [4.69, 9.17) is 10.5 Å². The Morgan fingerprint density at radius 2 is 1.93 bits per heavy atom. The van der Waals surface area contributed by atoms with Crippen molar-refractivity contribution in [1.82, 2.24) is 4.98 Å². The third-order valence-electron chi connectivity index (χ3n) is 2.18. The van der Waals surface area contributed by atoms with Crippen molar-refractivity contribution in [3.05, 3.63) is 24.0 Å². The second kappa shape index (κ2) is 6.88. The molecule has 2 N–H and O–H groups in total. The molecule has 0 aliphatic heterocycles. The molecule has 88 valence electrons. The van der Waals surface area contributed by atoms with Crippen LogP contribution in [0.25, 0.3) is 0 Å². The topological polar surface area (TPSA) is 48.1 Å². The number of hydrogen-bond donors (Lipinski definition) is 1. The maximum absolute atomic E-state index is 5.64. The highest BCUT2D eigenvalue weighted by Gasteiger charge is 2.19. The van der Waals surface area contributed by atoms with Gasteiger partial charge in [-0.05, 0) is 12.1 Å². The zero-order chi connectivity index (χ0) is 9.90. The number of pyridine rings is 1. The van der Waals surface area contributed by atoms with Crippen LogP contribution in [0.2, 0.25) is 0 Å². The molecule has 1 rings (SSSR count). The predicted molar refractivity (Wildman–Crippen MR) is 67.4 cm³/mol. The van der Waals surface area contributed by atoms with E-state index in [1.165, 1.54) is 0 Å². The van der Waals surface area contributed by atoms with Crippen LogP contribution in [-0.2, 0) is 5.41 Å². The highest BCUT2D eigenvalue weighted by Crippen LogP contribution is 2.20. The molecule has 0 aliphatic rings. The second-order valence-electron chi connectivity index (χ2n) is 3.67. The lowest BCUT2D eigenvalue weighted by Crippen LogP contribution is -2.29. The summed E-state index contributed by atoms with van der Waals surface area (Å²) in [5.41, 5.74) is 6.57. The first kappa shape index (κ1) is 16.9. The molecular weight excluding hydrogens is 235 g/mol. The predicted octanol–water partition coefficient (Wildman–Crippen LogP) is 2.17. The third kappa shape index (κ3) is 4.24. The Kier molecular flexibility index (Phi) is 7.75. The van der Waals surface area contributed by atoms with E-state index < -0.39 is 0 Å². The summed E-state index contributed by atoms with van der Waals surface area (Å²) in [7, 11) is 1.63. The normalized spacial score (nSPS) is 9.87. The van der Waals surface area contributed by atoms with Crippen LogP contribution < -0.4 is 10.5 Å². The van der Waals surface area contributed by atoms with Gasteiger partial charge in [0.1, 0.15) is 5.75 Å². The van der Waals surface area contributed by atoms with E-state index in [1.54, 1.807) is 13.3 Å². The number of hydrogen-bond acceptors (Lipinski definition) is 3. The van der Waals surface area contributed by atoms with Crippen LogP contribution in [0.5, 0.6) is 5.75 Å². The summed E-state index contributed by atoms with van der Waals surface area (Å²) < 4.78 is 5.02. The fourth-order valence-electron chi connectivity index (χ4n) is 1.01. The van der Waals surface area contributed by atoms with Gasteiger partial charge in [0.05, 0.1) is 13.3 Å². The summed E-state index contributed by atoms with van der Waals surface area (Å²) in [6, 6.07) is 3.85. The molecule has 1 aromatic rings. The molecule has 0 aliphatic carbocycles. The van der Waals surface area contributed by atoms with Crippen LogP contribution >= 0.6 is 24.8 Å². The zero-order valence-corrected chi connectivity index (χ0v) is 10.8.